The van der Waals surface area contributed by atoms with Gasteiger partial charge in [-0.1, -0.05) is 55.4 Å². The minimum absolute atomic E-state index is 0.112. The van der Waals surface area contributed by atoms with Crippen LogP contribution in [0.3, 0.4) is 0 Å². The van der Waals surface area contributed by atoms with E-state index in [9.17, 15) is 0 Å². The highest BCUT2D eigenvalue weighted by atomic mass is 15.0. The third kappa shape index (κ3) is 3.15. The maximum Gasteiger partial charge on any atom is 0.109 e. The molecule has 2 nitrogen and oxygen atoms in total. The van der Waals surface area contributed by atoms with Crippen molar-refractivity contribution in [3.8, 4) is 0 Å². The molecule has 0 aliphatic carbocycles. The first-order chi connectivity index (χ1) is 8.18. The third-order valence-electron chi connectivity index (χ3n) is 4.00. The summed E-state index contributed by atoms with van der Waals surface area (Å²) in [6.07, 6.45) is 1.13. The number of aromatic amines is 1. The van der Waals surface area contributed by atoms with Gasteiger partial charge in [0.25, 0.3) is 0 Å². The molecule has 2 heteroatoms. The lowest BCUT2D eigenvalue weighted by molar-refractivity contribution is 0.496. The van der Waals surface area contributed by atoms with Gasteiger partial charge >= 0.3 is 0 Å². The molecule has 0 amide bonds. The van der Waals surface area contributed by atoms with Crippen LogP contribution >= 0.6 is 0 Å². The SMILES string of the molecule is CCC(C)c1nc(C(C)(C)C)c(C(C)C(C)C)[nH]1. The monoisotopic (exact) mass is 250 g/mol. The van der Waals surface area contributed by atoms with E-state index in [0.717, 1.165) is 12.2 Å². The van der Waals surface area contributed by atoms with Gasteiger partial charge in [0, 0.05) is 22.9 Å². The molecule has 1 heterocycles. The Morgan fingerprint density at radius 1 is 1.11 bits per heavy atom. The van der Waals surface area contributed by atoms with E-state index in [0.29, 0.717) is 17.8 Å². The standard InChI is InChI=1S/C16H30N2/c1-9-11(4)15-17-13(12(5)10(2)3)14(18-15)16(6,7)8/h10-12H,9H2,1-8H3,(H,17,18). The molecular formula is C16H30N2. The molecule has 18 heavy (non-hydrogen) atoms. The molecule has 0 saturated carbocycles. The largest absolute Gasteiger partial charge is 0.345 e. The van der Waals surface area contributed by atoms with Gasteiger partial charge in [0.15, 0.2) is 0 Å². The Labute approximate surface area is 113 Å². The quantitative estimate of drug-likeness (QED) is 0.802. The second-order valence-electron chi connectivity index (χ2n) is 6.98. The molecule has 0 bridgehead atoms. The molecule has 1 aromatic heterocycles. The molecule has 1 rings (SSSR count). The second-order valence-corrected chi connectivity index (χ2v) is 6.98. The normalized spacial score (nSPS) is 16.1. The predicted molar refractivity (Wildman–Crippen MR) is 79.2 cm³/mol. The molecule has 2 atom stereocenters. The predicted octanol–water partition coefficient (Wildman–Crippen LogP) is 4.98. The van der Waals surface area contributed by atoms with Gasteiger partial charge in [-0.2, -0.15) is 0 Å². The number of aromatic nitrogens is 2. The fraction of sp³-hybridized carbons (Fsp3) is 0.812. The molecule has 1 aromatic rings. The zero-order valence-corrected chi connectivity index (χ0v) is 13.4. The van der Waals surface area contributed by atoms with E-state index in [-0.39, 0.29) is 5.41 Å². The van der Waals surface area contributed by atoms with Crippen molar-refractivity contribution >= 4 is 0 Å². The summed E-state index contributed by atoms with van der Waals surface area (Å²) in [6.45, 7) is 18.1. The van der Waals surface area contributed by atoms with E-state index in [1.54, 1.807) is 0 Å². The van der Waals surface area contributed by atoms with E-state index in [4.69, 9.17) is 4.98 Å². The number of nitrogens with zero attached hydrogens (tertiary/aromatic N) is 1. The van der Waals surface area contributed by atoms with Crippen LogP contribution in [-0.2, 0) is 5.41 Å². The van der Waals surface area contributed by atoms with Crippen LogP contribution in [0, 0.1) is 5.92 Å². The maximum atomic E-state index is 4.90. The Kier molecular flexibility index (Phi) is 4.63. The minimum atomic E-state index is 0.112. The number of imidazole rings is 1. The molecule has 0 spiro atoms. The summed E-state index contributed by atoms with van der Waals surface area (Å²) in [7, 11) is 0. The van der Waals surface area contributed by atoms with Crippen molar-refractivity contribution < 1.29 is 0 Å². The van der Waals surface area contributed by atoms with Crippen LogP contribution in [0.5, 0.6) is 0 Å². The van der Waals surface area contributed by atoms with Crippen molar-refractivity contribution in [3.05, 3.63) is 17.2 Å². The topological polar surface area (TPSA) is 28.7 Å². The lowest BCUT2D eigenvalue weighted by atomic mass is 9.84. The molecule has 2 unspecified atom stereocenters. The van der Waals surface area contributed by atoms with Crippen molar-refractivity contribution in [2.45, 2.75) is 79.1 Å². The Morgan fingerprint density at radius 2 is 1.67 bits per heavy atom. The van der Waals surface area contributed by atoms with Crippen LogP contribution < -0.4 is 0 Å². The third-order valence-corrected chi connectivity index (χ3v) is 4.00. The van der Waals surface area contributed by atoms with Gasteiger partial charge in [-0.3, -0.25) is 0 Å². The minimum Gasteiger partial charge on any atom is -0.345 e. The van der Waals surface area contributed by atoms with E-state index >= 15 is 0 Å². The van der Waals surface area contributed by atoms with Crippen molar-refractivity contribution in [1.82, 2.24) is 9.97 Å². The van der Waals surface area contributed by atoms with Gasteiger partial charge in [-0.15, -0.1) is 0 Å². The molecule has 0 aliphatic rings. The summed E-state index contributed by atoms with van der Waals surface area (Å²) >= 11 is 0. The highest BCUT2D eigenvalue weighted by Gasteiger charge is 2.27. The first-order valence-corrected chi connectivity index (χ1v) is 7.28. The summed E-state index contributed by atoms with van der Waals surface area (Å²) in [4.78, 5) is 8.51. The Morgan fingerprint density at radius 3 is 2.06 bits per heavy atom. The molecule has 0 aromatic carbocycles. The second kappa shape index (κ2) is 5.46. The van der Waals surface area contributed by atoms with Gasteiger partial charge in [0.2, 0.25) is 0 Å². The van der Waals surface area contributed by atoms with Gasteiger partial charge in [0.1, 0.15) is 5.82 Å². The van der Waals surface area contributed by atoms with Crippen LogP contribution in [0.4, 0.5) is 0 Å². The molecule has 0 radical (unpaired) electrons. The fourth-order valence-electron chi connectivity index (χ4n) is 2.07. The van der Waals surface area contributed by atoms with Crippen molar-refractivity contribution in [1.29, 1.82) is 0 Å². The number of rotatable bonds is 4. The summed E-state index contributed by atoms with van der Waals surface area (Å²) in [6, 6.07) is 0. The van der Waals surface area contributed by atoms with E-state index in [1.807, 2.05) is 0 Å². The van der Waals surface area contributed by atoms with E-state index in [2.05, 4.69) is 60.4 Å². The van der Waals surface area contributed by atoms with E-state index < -0.39 is 0 Å². The zero-order valence-electron chi connectivity index (χ0n) is 13.4. The van der Waals surface area contributed by atoms with Crippen LogP contribution in [0.15, 0.2) is 0 Å². The maximum absolute atomic E-state index is 4.90. The number of nitrogens with one attached hydrogen (secondary N) is 1. The lowest BCUT2D eigenvalue weighted by Crippen LogP contribution is -2.17. The zero-order chi connectivity index (χ0) is 14.1. The van der Waals surface area contributed by atoms with Gasteiger partial charge in [-0.05, 0) is 12.3 Å². The van der Waals surface area contributed by atoms with Crippen LogP contribution in [0.1, 0.15) is 90.9 Å². The number of hydrogen-bond acceptors (Lipinski definition) is 1. The molecular weight excluding hydrogens is 220 g/mol. The van der Waals surface area contributed by atoms with Gasteiger partial charge in [0.05, 0.1) is 5.69 Å². The van der Waals surface area contributed by atoms with Crippen molar-refractivity contribution in [2.75, 3.05) is 0 Å². The van der Waals surface area contributed by atoms with Gasteiger partial charge < -0.3 is 4.98 Å². The average Bonchev–Trinajstić information content (AvgIpc) is 2.71. The van der Waals surface area contributed by atoms with Crippen LogP contribution in [-0.4, -0.2) is 9.97 Å². The summed E-state index contributed by atoms with van der Waals surface area (Å²) in [5.74, 6) is 2.84. The molecule has 1 N–H and O–H groups in total. The Balaban J connectivity index is 3.26. The molecule has 0 saturated heterocycles. The first kappa shape index (κ1) is 15.3. The lowest BCUT2D eigenvalue weighted by Gasteiger charge is -2.22. The summed E-state index contributed by atoms with van der Waals surface area (Å²) in [5, 5.41) is 0. The van der Waals surface area contributed by atoms with Crippen LogP contribution in [0.25, 0.3) is 0 Å². The number of H-pyrrole nitrogens is 1. The summed E-state index contributed by atoms with van der Waals surface area (Å²) in [5.41, 5.74) is 2.70. The highest BCUT2D eigenvalue weighted by molar-refractivity contribution is 5.26. The summed E-state index contributed by atoms with van der Waals surface area (Å²) < 4.78 is 0. The molecule has 0 aliphatic heterocycles. The van der Waals surface area contributed by atoms with Crippen LogP contribution in [0.2, 0.25) is 0 Å². The van der Waals surface area contributed by atoms with Crippen molar-refractivity contribution in [2.24, 2.45) is 5.92 Å². The Bertz CT molecular complexity index is 382. The van der Waals surface area contributed by atoms with Crippen molar-refractivity contribution in [3.63, 3.8) is 0 Å². The van der Waals surface area contributed by atoms with E-state index in [1.165, 1.54) is 11.4 Å². The fourth-order valence-corrected chi connectivity index (χ4v) is 2.07. The smallest absolute Gasteiger partial charge is 0.109 e. The number of hydrogen-bond donors (Lipinski definition) is 1. The molecule has 104 valence electrons. The first-order valence-electron chi connectivity index (χ1n) is 7.28. The Hall–Kier alpha value is -0.790. The molecule has 0 fully saturated rings. The average molecular weight is 250 g/mol. The van der Waals surface area contributed by atoms with Gasteiger partial charge in [-0.25, -0.2) is 4.98 Å². The highest BCUT2D eigenvalue weighted by Crippen LogP contribution is 2.33.